The number of halogens is 1. The Hall–Kier alpha value is -1.03. The molecule has 1 aliphatic carbocycles. The van der Waals surface area contributed by atoms with E-state index in [9.17, 15) is 9.90 Å². The molecule has 17 heavy (non-hydrogen) atoms. The van der Waals surface area contributed by atoms with Crippen molar-refractivity contribution in [1.29, 1.82) is 0 Å². The van der Waals surface area contributed by atoms with E-state index >= 15 is 0 Å². The largest absolute Gasteiger partial charge is 0.507 e. The van der Waals surface area contributed by atoms with Crippen molar-refractivity contribution in [2.75, 3.05) is 0 Å². The number of rotatable bonds is 4. The first kappa shape index (κ1) is 12.4. The van der Waals surface area contributed by atoms with Gasteiger partial charge in [-0.2, -0.15) is 0 Å². The lowest BCUT2D eigenvalue weighted by atomic mass is 9.89. The smallest absolute Gasteiger partial charge is 0.304 e. The molecule has 1 aromatic rings. The van der Waals surface area contributed by atoms with Gasteiger partial charge in [-0.25, -0.2) is 0 Å². The summed E-state index contributed by atoms with van der Waals surface area (Å²) in [6.07, 6.45) is 2.51. The molecule has 0 saturated heterocycles. The van der Waals surface area contributed by atoms with Crippen LogP contribution in [0, 0.1) is 0 Å². The minimum atomic E-state index is -0.806. The minimum absolute atomic E-state index is 0.0974. The standard InChI is InChI=1S/C13H15BrO3/c1-2-8-5-9(14)6-10(12(8)17)13(3-4-13)7-11(15)16/h5-6,17H,2-4,7H2,1H3,(H,15,16). The Morgan fingerprint density at radius 3 is 2.59 bits per heavy atom. The van der Waals surface area contributed by atoms with Crippen LogP contribution in [0.5, 0.6) is 5.75 Å². The van der Waals surface area contributed by atoms with Crippen LogP contribution in [-0.4, -0.2) is 16.2 Å². The molecule has 0 atom stereocenters. The van der Waals surface area contributed by atoms with Crippen LogP contribution in [0.15, 0.2) is 16.6 Å². The van der Waals surface area contributed by atoms with Crippen molar-refractivity contribution in [3.8, 4) is 5.75 Å². The van der Waals surface area contributed by atoms with Gasteiger partial charge in [0.1, 0.15) is 5.75 Å². The zero-order chi connectivity index (χ0) is 12.6. The van der Waals surface area contributed by atoms with Gasteiger partial charge >= 0.3 is 5.97 Å². The van der Waals surface area contributed by atoms with Crippen molar-refractivity contribution >= 4 is 21.9 Å². The van der Waals surface area contributed by atoms with Gasteiger partial charge < -0.3 is 10.2 Å². The highest BCUT2D eigenvalue weighted by Gasteiger charge is 2.47. The average molecular weight is 299 g/mol. The summed E-state index contributed by atoms with van der Waals surface area (Å²) in [5.74, 6) is -0.533. The topological polar surface area (TPSA) is 57.5 Å². The molecule has 0 bridgehead atoms. The number of carboxylic acid groups (broad SMARTS) is 1. The Labute approximate surface area is 109 Å². The number of phenolic OH excluding ortho intramolecular Hbond substituents is 1. The van der Waals surface area contributed by atoms with Gasteiger partial charge in [0, 0.05) is 15.5 Å². The van der Waals surface area contributed by atoms with Crippen molar-refractivity contribution in [3.05, 3.63) is 27.7 Å². The summed E-state index contributed by atoms with van der Waals surface area (Å²) in [5.41, 5.74) is 1.31. The van der Waals surface area contributed by atoms with E-state index in [0.29, 0.717) is 0 Å². The lowest BCUT2D eigenvalue weighted by Crippen LogP contribution is -2.13. The number of aromatic hydroxyl groups is 1. The van der Waals surface area contributed by atoms with Gasteiger partial charge in [0.25, 0.3) is 0 Å². The van der Waals surface area contributed by atoms with E-state index in [1.165, 1.54) is 0 Å². The fourth-order valence-corrected chi connectivity index (χ4v) is 2.82. The van der Waals surface area contributed by atoms with Gasteiger partial charge in [-0.05, 0) is 37.0 Å². The highest BCUT2D eigenvalue weighted by Crippen LogP contribution is 2.54. The number of carbonyl (C=O) groups is 1. The number of aliphatic carboxylic acids is 1. The first-order valence-corrected chi connectivity index (χ1v) is 6.51. The van der Waals surface area contributed by atoms with Crippen LogP contribution >= 0.6 is 15.9 Å². The van der Waals surface area contributed by atoms with Crippen LogP contribution in [-0.2, 0) is 16.6 Å². The molecule has 0 unspecified atom stereocenters. The second-order valence-electron chi connectivity index (χ2n) is 4.67. The minimum Gasteiger partial charge on any atom is -0.507 e. The van der Waals surface area contributed by atoms with Gasteiger partial charge in [0.05, 0.1) is 6.42 Å². The van der Waals surface area contributed by atoms with Gasteiger partial charge in [-0.15, -0.1) is 0 Å². The zero-order valence-corrected chi connectivity index (χ0v) is 11.2. The molecule has 4 heteroatoms. The van der Waals surface area contributed by atoms with Gasteiger partial charge in [-0.3, -0.25) is 4.79 Å². The molecule has 0 aromatic heterocycles. The highest BCUT2D eigenvalue weighted by atomic mass is 79.9. The molecule has 92 valence electrons. The third kappa shape index (κ3) is 2.32. The van der Waals surface area contributed by atoms with E-state index in [-0.39, 0.29) is 17.6 Å². The van der Waals surface area contributed by atoms with E-state index in [2.05, 4.69) is 15.9 Å². The molecule has 0 spiro atoms. The molecular formula is C13H15BrO3. The average Bonchev–Trinajstić information content (AvgIpc) is 3.00. The summed E-state index contributed by atoms with van der Waals surface area (Å²) < 4.78 is 0.902. The van der Waals surface area contributed by atoms with Crippen molar-refractivity contribution < 1.29 is 15.0 Å². The third-order valence-electron chi connectivity index (χ3n) is 3.45. The Morgan fingerprint density at radius 1 is 1.47 bits per heavy atom. The molecule has 1 fully saturated rings. The van der Waals surface area contributed by atoms with Crippen LogP contribution in [0.25, 0.3) is 0 Å². The monoisotopic (exact) mass is 298 g/mol. The van der Waals surface area contributed by atoms with E-state index in [1.807, 2.05) is 19.1 Å². The summed E-state index contributed by atoms with van der Waals surface area (Å²) in [6.45, 7) is 1.97. The van der Waals surface area contributed by atoms with E-state index in [0.717, 1.165) is 34.9 Å². The van der Waals surface area contributed by atoms with E-state index in [4.69, 9.17) is 5.11 Å². The second-order valence-corrected chi connectivity index (χ2v) is 5.58. The van der Waals surface area contributed by atoms with Crippen LogP contribution in [0.1, 0.15) is 37.3 Å². The summed E-state index contributed by atoms with van der Waals surface area (Å²) >= 11 is 3.42. The molecule has 0 aliphatic heterocycles. The normalized spacial score (nSPS) is 16.8. The fraction of sp³-hybridized carbons (Fsp3) is 0.462. The first-order chi connectivity index (χ1) is 7.98. The molecular weight excluding hydrogens is 284 g/mol. The van der Waals surface area contributed by atoms with Crippen molar-refractivity contribution in [2.45, 2.75) is 38.0 Å². The molecule has 2 N–H and O–H groups in total. The molecule has 0 amide bonds. The van der Waals surface area contributed by atoms with Crippen LogP contribution < -0.4 is 0 Å². The van der Waals surface area contributed by atoms with E-state index < -0.39 is 5.97 Å². The maximum Gasteiger partial charge on any atom is 0.304 e. The lowest BCUT2D eigenvalue weighted by molar-refractivity contribution is -0.137. The van der Waals surface area contributed by atoms with Crippen molar-refractivity contribution in [2.24, 2.45) is 0 Å². The quantitative estimate of drug-likeness (QED) is 0.897. The third-order valence-corrected chi connectivity index (χ3v) is 3.91. The zero-order valence-electron chi connectivity index (χ0n) is 9.66. The Balaban J connectivity index is 2.45. The van der Waals surface area contributed by atoms with Crippen molar-refractivity contribution in [3.63, 3.8) is 0 Å². The Bertz CT molecular complexity index is 464. The number of benzene rings is 1. The number of hydrogen-bond donors (Lipinski definition) is 2. The molecule has 0 radical (unpaired) electrons. The number of phenols is 1. The summed E-state index contributed by atoms with van der Waals surface area (Å²) in [4.78, 5) is 10.9. The van der Waals surface area contributed by atoms with Crippen LogP contribution in [0.2, 0.25) is 0 Å². The van der Waals surface area contributed by atoms with Crippen LogP contribution in [0.3, 0.4) is 0 Å². The maximum atomic E-state index is 10.9. The first-order valence-electron chi connectivity index (χ1n) is 5.72. The number of carboxylic acids is 1. The second kappa shape index (κ2) is 4.33. The lowest BCUT2D eigenvalue weighted by Gasteiger charge is -2.17. The predicted molar refractivity (Wildman–Crippen MR) is 68.3 cm³/mol. The van der Waals surface area contributed by atoms with Crippen molar-refractivity contribution in [1.82, 2.24) is 0 Å². The SMILES string of the molecule is CCc1cc(Br)cc(C2(CC(=O)O)CC2)c1O. The summed E-state index contributed by atoms with van der Waals surface area (Å²) in [5, 5.41) is 19.1. The van der Waals surface area contributed by atoms with E-state index in [1.54, 1.807) is 0 Å². The van der Waals surface area contributed by atoms with Gasteiger partial charge in [-0.1, -0.05) is 22.9 Å². The maximum absolute atomic E-state index is 10.9. The summed E-state index contributed by atoms with van der Waals surface area (Å²) in [7, 11) is 0. The van der Waals surface area contributed by atoms with Gasteiger partial charge in [0.15, 0.2) is 0 Å². The van der Waals surface area contributed by atoms with Gasteiger partial charge in [0.2, 0.25) is 0 Å². The number of hydrogen-bond acceptors (Lipinski definition) is 2. The number of aryl methyl sites for hydroxylation is 1. The molecule has 1 aliphatic rings. The molecule has 1 aromatic carbocycles. The molecule has 2 rings (SSSR count). The molecule has 0 heterocycles. The predicted octanol–water partition coefficient (Wildman–Crippen LogP) is 3.22. The fourth-order valence-electron chi connectivity index (χ4n) is 2.31. The summed E-state index contributed by atoms with van der Waals surface area (Å²) in [6, 6.07) is 3.74. The Kier molecular flexibility index (Phi) is 3.17. The molecule has 1 saturated carbocycles. The van der Waals surface area contributed by atoms with Crippen LogP contribution in [0.4, 0.5) is 0 Å². The Morgan fingerprint density at radius 2 is 2.12 bits per heavy atom. The highest BCUT2D eigenvalue weighted by molar-refractivity contribution is 9.10. The molecule has 3 nitrogen and oxygen atoms in total.